The number of aryl methyl sites for hydroxylation is 2. The number of fused-ring (bicyclic) bond motifs is 1. The van der Waals surface area contributed by atoms with E-state index < -0.39 is 0 Å². The van der Waals surface area contributed by atoms with Crippen molar-refractivity contribution in [1.29, 1.82) is 0 Å². The van der Waals surface area contributed by atoms with Gasteiger partial charge in [-0.15, -0.1) is 0 Å². The van der Waals surface area contributed by atoms with Crippen LogP contribution in [0.3, 0.4) is 0 Å². The number of aromatic nitrogens is 2. The number of rotatable bonds is 5. The van der Waals surface area contributed by atoms with Gasteiger partial charge in [-0.1, -0.05) is 12.1 Å². The summed E-state index contributed by atoms with van der Waals surface area (Å²) < 4.78 is 18.6. The van der Waals surface area contributed by atoms with Crippen molar-refractivity contribution in [1.82, 2.24) is 14.9 Å². The van der Waals surface area contributed by atoms with Crippen molar-refractivity contribution in [2.75, 3.05) is 13.4 Å². The van der Waals surface area contributed by atoms with Crippen LogP contribution in [-0.4, -0.2) is 34.9 Å². The molecule has 0 aliphatic carbocycles. The highest BCUT2D eigenvalue weighted by atomic mass is 16.7. The molecule has 132 valence electrons. The van der Waals surface area contributed by atoms with E-state index in [2.05, 4.69) is 10.3 Å². The molecule has 0 unspecified atom stereocenters. The predicted molar refractivity (Wildman–Crippen MR) is 89.3 cm³/mol. The van der Waals surface area contributed by atoms with Crippen LogP contribution in [0.2, 0.25) is 0 Å². The molecule has 1 fully saturated rings. The maximum Gasteiger partial charge on any atom is 0.231 e. The van der Waals surface area contributed by atoms with Gasteiger partial charge in [-0.3, -0.25) is 4.79 Å². The van der Waals surface area contributed by atoms with Gasteiger partial charge in [0, 0.05) is 32.5 Å². The minimum atomic E-state index is -0.193. The fourth-order valence-corrected chi connectivity index (χ4v) is 3.36. The molecule has 0 spiro atoms. The third-order valence-corrected chi connectivity index (χ3v) is 4.65. The minimum Gasteiger partial charge on any atom is -0.454 e. The summed E-state index contributed by atoms with van der Waals surface area (Å²) in [6.07, 6.45) is 5.23. The number of nitrogens with zero attached hydrogens (tertiary/aromatic N) is 2. The van der Waals surface area contributed by atoms with E-state index in [1.54, 1.807) is 6.20 Å². The Morgan fingerprint density at radius 3 is 3.16 bits per heavy atom. The SMILES string of the molecule is Cn1ccnc1[C@H]1OCC[C@@H]1NC(=O)CCc1cccc2c1OCO2. The molecule has 1 aromatic heterocycles. The molecule has 25 heavy (non-hydrogen) atoms. The molecule has 7 heteroatoms. The highest BCUT2D eigenvalue weighted by Crippen LogP contribution is 2.36. The van der Waals surface area contributed by atoms with E-state index in [4.69, 9.17) is 14.2 Å². The highest BCUT2D eigenvalue weighted by molar-refractivity contribution is 5.76. The van der Waals surface area contributed by atoms with Gasteiger partial charge in [0.2, 0.25) is 12.7 Å². The molecule has 1 amide bonds. The summed E-state index contributed by atoms with van der Waals surface area (Å²) in [6, 6.07) is 5.72. The van der Waals surface area contributed by atoms with E-state index in [9.17, 15) is 4.79 Å². The summed E-state index contributed by atoms with van der Waals surface area (Å²) in [5.41, 5.74) is 0.994. The van der Waals surface area contributed by atoms with Crippen LogP contribution in [0.15, 0.2) is 30.6 Å². The zero-order valence-electron chi connectivity index (χ0n) is 14.1. The molecule has 0 bridgehead atoms. The molecule has 2 aliphatic rings. The molecular formula is C18H21N3O4. The number of hydrogen-bond donors (Lipinski definition) is 1. The first-order valence-corrected chi connectivity index (χ1v) is 8.48. The highest BCUT2D eigenvalue weighted by Gasteiger charge is 2.33. The van der Waals surface area contributed by atoms with Gasteiger partial charge in [0.15, 0.2) is 11.5 Å². The van der Waals surface area contributed by atoms with Gasteiger partial charge in [-0.25, -0.2) is 4.98 Å². The Morgan fingerprint density at radius 1 is 1.40 bits per heavy atom. The minimum absolute atomic E-state index is 0.00577. The summed E-state index contributed by atoms with van der Waals surface area (Å²) in [5.74, 6) is 2.35. The van der Waals surface area contributed by atoms with Gasteiger partial charge < -0.3 is 24.1 Å². The average molecular weight is 343 g/mol. The standard InChI is InChI=1S/C18H21N3O4/c1-21-9-8-19-18(21)17-13(7-10-23-17)20-15(22)6-5-12-3-2-4-14-16(12)25-11-24-14/h2-4,8-9,13,17H,5-7,10-11H2,1H3,(H,20,22)/t13-,17-/m0/s1. The first-order valence-electron chi connectivity index (χ1n) is 8.48. The van der Waals surface area contributed by atoms with E-state index in [1.807, 2.05) is 36.0 Å². The second kappa shape index (κ2) is 6.76. The molecule has 0 radical (unpaired) electrons. The number of carbonyl (C=O) groups excluding carboxylic acids is 1. The van der Waals surface area contributed by atoms with Crippen LogP contribution in [0.25, 0.3) is 0 Å². The van der Waals surface area contributed by atoms with E-state index in [-0.39, 0.29) is 24.8 Å². The number of carbonyl (C=O) groups is 1. The molecule has 1 aromatic carbocycles. The van der Waals surface area contributed by atoms with Gasteiger partial charge in [-0.05, 0) is 24.5 Å². The van der Waals surface area contributed by atoms with E-state index in [1.165, 1.54) is 0 Å². The largest absolute Gasteiger partial charge is 0.454 e. The molecule has 7 nitrogen and oxygen atoms in total. The van der Waals surface area contributed by atoms with Gasteiger partial charge in [-0.2, -0.15) is 0 Å². The summed E-state index contributed by atoms with van der Waals surface area (Å²) in [6.45, 7) is 0.864. The van der Waals surface area contributed by atoms with Crippen molar-refractivity contribution < 1.29 is 19.0 Å². The number of hydrogen-bond acceptors (Lipinski definition) is 5. The third kappa shape index (κ3) is 3.19. The zero-order valence-corrected chi connectivity index (χ0v) is 14.1. The molecule has 4 rings (SSSR count). The topological polar surface area (TPSA) is 74.6 Å². The van der Waals surface area contributed by atoms with Crippen LogP contribution in [0, 0.1) is 0 Å². The maximum atomic E-state index is 12.4. The van der Waals surface area contributed by atoms with E-state index in [0.29, 0.717) is 19.4 Å². The fraction of sp³-hybridized carbons (Fsp3) is 0.444. The quantitative estimate of drug-likeness (QED) is 0.895. The maximum absolute atomic E-state index is 12.4. The number of benzene rings is 1. The normalized spacial score (nSPS) is 21.5. The second-order valence-corrected chi connectivity index (χ2v) is 6.30. The van der Waals surface area contributed by atoms with Gasteiger partial charge in [0.05, 0.1) is 6.04 Å². The van der Waals surface area contributed by atoms with Crippen LogP contribution in [0.5, 0.6) is 11.5 Å². The van der Waals surface area contributed by atoms with Gasteiger partial charge >= 0.3 is 0 Å². The fourth-order valence-electron chi connectivity index (χ4n) is 3.36. The molecule has 3 heterocycles. The number of ether oxygens (including phenoxy) is 3. The number of amides is 1. The molecule has 2 aromatic rings. The Kier molecular flexibility index (Phi) is 4.31. The van der Waals surface area contributed by atoms with Crippen molar-refractivity contribution >= 4 is 5.91 Å². The van der Waals surface area contributed by atoms with Crippen molar-refractivity contribution in [2.24, 2.45) is 7.05 Å². The van der Waals surface area contributed by atoms with Crippen LogP contribution in [-0.2, 0) is 23.0 Å². The van der Waals surface area contributed by atoms with Crippen molar-refractivity contribution in [3.05, 3.63) is 42.0 Å². The van der Waals surface area contributed by atoms with Gasteiger partial charge in [0.1, 0.15) is 11.9 Å². The molecule has 0 saturated carbocycles. The summed E-state index contributed by atoms with van der Waals surface area (Å²) in [7, 11) is 1.93. The number of para-hydroxylation sites is 1. The lowest BCUT2D eigenvalue weighted by atomic mass is 10.1. The van der Waals surface area contributed by atoms with E-state index in [0.717, 1.165) is 29.3 Å². The first kappa shape index (κ1) is 16.0. The molecule has 2 aliphatic heterocycles. The number of nitrogens with one attached hydrogen (secondary N) is 1. The van der Waals surface area contributed by atoms with E-state index >= 15 is 0 Å². The Bertz CT molecular complexity index is 773. The predicted octanol–water partition coefficient (Wildman–Crippen LogP) is 1.73. The lowest BCUT2D eigenvalue weighted by Gasteiger charge is -2.19. The smallest absolute Gasteiger partial charge is 0.231 e. The van der Waals surface area contributed by atoms with Crippen LogP contribution < -0.4 is 14.8 Å². The summed E-state index contributed by atoms with van der Waals surface area (Å²) in [4.78, 5) is 16.8. The van der Waals surface area contributed by atoms with Crippen molar-refractivity contribution in [3.63, 3.8) is 0 Å². The monoisotopic (exact) mass is 343 g/mol. The zero-order chi connectivity index (χ0) is 17.2. The van der Waals surface area contributed by atoms with Crippen LogP contribution in [0.4, 0.5) is 0 Å². The molecule has 2 atom stereocenters. The van der Waals surface area contributed by atoms with Gasteiger partial charge in [0.25, 0.3) is 0 Å². The van der Waals surface area contributed by atoms with Crippen molar-refractivity contribution in [2.45, 2.75) is 31.4 Å². The Hall–Kier alpha value is -2.54. The lowest BCUT2D eigenvalue weighted by molar-refractivity contribution is -0.122. The third-order valence-electron chi connectivity index (χ3n) is 4.65. The average Bonchev–Trinajstić information content (AvgIpc) is 3.33. The summed E-state index contributed by atoms with van der Waals surface area (Å²) >= 11 is 0. The lowest BCUT2D eigenvalue weighted by Crippen LogP contribution is -2.37. The van der Waals surface area contributed by atoms with Crippen molar-refractivity contribution in [3.8, 4) is 11.5 Å². The molecule has 1 N–H and O–H groups in total. The molecular weight excluding hydrogens is 322 g/mol. The Labute approximate surface area is 145 Å². The Balaban J connectivity index is 1.36. The van der Waals surface area contributed by atoms with Crippen LogP contribution in [0.1, 0.15) is 30.3 Å². The summed E-state index contributed by atoms with van der Waals surface area (Å²) in [5, 5.41) is 3.09. The van der Waals surface area contributed by atoms with Crippen LogP contribution >= 0.6 is 0 Å². The Morgan fingerprint density at radius 2 is 2.32 bits per heavy atom. The second-order valence-electron chi connectivity index (χ2n) is 6.30. The number of imidazole rings is 1. The molecule has 1 saturated heterocycles. The first-order chi connectivity index (χ1) is 12.2.